The van der Waals surface area contributed by atoms with Crippen molar-refractivity contribution in [3.8, 4) is 16.2 Å². The standard InChI is InChI=1S/C20H19F3N2O3S/c21-20(22,23)27-15-3-1-2-13(10-15)16-4-5-17(29-16)25-12-19(28-18(25)26)11-24-8-6-14(19)7-9-24/h1-5,10,14H,6-9,11-12H2/t19-/m0/s1. The van der Waals surface area contributed by atoms with E-state index in [1.807, 2.05) is 12.1 Å². The van der Waals surface area contributed by atoms with Crippen molar-refractivity contribution in [1.29, 1.82) is 0 Å². The molecular formula is C20H19F3N2O3S. The number of carbonyl (C=O) groups is 1. The van der Waals surface area contributed by atoms with Crippen molar-refractivity contribution < 1.29 is 27.4 Å². The van der Waals surface area contributed by atoms with Crippen LogP contribution in [-0.4, -0.2) is 49.1 Å². The second-order valence-corrected chi connectivity index (χ2v) is 8.85. The molecule has 154 valence electrons. The van der Waals surface area contributed by atoms with Crippen molar-refractivity contribution in [2.45, 2.75) is 24.8 Å². The van der Waals surface area contributed by atoms with Crippen LogP contribution in [-0.2, 0) is 4.74 Å². The monoisotopic (exact) mass is 424 g/mol. The van der Waals surface area contributed by atoms with Gasteiger partial charge in [-0.25, -0.2) is 4.79 Å². The first kappa shape index (κ1) is 18.7. The summed E-state index contributed by atoms with van der Waals surface area (Å²) < 4.78 is 47.3. The Balaban J connectivity index is 1.37. The van der Waals surface area contributed by atoms with Gasteiger partial charge in [0, 0.05) is 17.3 Å². The molecule has 4 fully saturated rings. The van der Waals surface area contributed by atoms with Crippen LogP contribution < -0.4 is 9.64 Å². The number of nitrogens with zero attached hydrogens (tertiary/aromatic N) is 2. The van der Waals surface area contributed by atoms with Crippen LogP contribution in [0.1, 0.15) is 12.8 Å². The van der Waals surface area contributed by atoms with Crippen LogP contribution in [0.5, 0.6) is 5.75 Å². The van der Waals surface area contributed by atoms with E-state index in [0.29, 0.717) is 18.0 Å². The molecule has 1 atom stereocenters. The normalized spacial score (nSPS) is 28.8. The molecule has 0 radical (unpaired) electrons. The average Bonchev–Trinajstić information content (AvgIpc) is 3.27. The van der Waals surface area contributed by atoms with E-state index in [1.54, 1.807) is 11.0 Å². The highest BCUT2D eigenvalue weighted by Gasteiger charge is 2.55. The van der Waals surface area contributed by atoms with Crippen molar-refractivity contribution in [2.75, 3.05) is 31.1 Å². The van der Waals surface area contributed by atoms with E-state index in [1.165, 1.54) is 29.5 Å². The number of fused-ring (bicyclic) bond motifs is 2. The molecule has 0 unspecified atom stereocenters. The van der Waals surface area contributed by atoms with Crippen molar-refractivity contribution in [2.24, 2.45) is 5.92 Å². The van der Waals surface area contributed by atoms with E-state index in [0.717, 1.165) is 42.4 Å². The summed E-state index contributed by atoms with van der Waals surface area (Å²) in [6.45, 7) is 3.41. The van der Waals surface area contributed by atoms with E-state index in [9.17, 15) is 18.0 Å². The molecule has 1 aromatic carbocycles. The van der Waals surface area contributed by atoms with E-state index in [-0.39, 0.29) is 11.8 Å². The zero-order valence-corrected chi connectivity index (χ0v) is 16.3. The maximum atomic E-state index is 12.6. The molecule has 4 aliphatic heterocycles. The number of ether oxygens (including phenoxy) is 2. The highest BCUT2D eigenvalue weighted by atomic mass is 32.1. The van der Waals surface area contributed by atoms with Crippen LogP contribution in [0.3, 0.4) is 0 Å². The highest BCUT2D eigenvalue weighted by Crippen LogP contribution is 2.45. The van der Waals surface area contributed by atoms with Gasteiger partial charge in [-0.15, -0.1) is 24.5 Å². The quantitative estimate of drug-likeness (QED) is 0.714. The van der Waals surface area contributed by atoms with E-state index >= 15 is 0 Å². The summed E-state index contributed by atoms with van der Waals surface area (Å²) in [7, 11) is 0. The Hall–Kier alpha value is -2.26. The summed E-state index contributed by atoms with van der Waals surface area (Å²) in [5.41, 5.74) is 0.159. The third-order valence-electron chi connectivity index (χ3n) is 5.97. The number of alkyl halides is 3. The Morgan fingerprint density at radius 1 is 1.14 bits per heavy atom. The molecule has 1 aromatic heterocycles. The molecule has 4 saturated heterocycles. The number of hydrogen-bond acceptors (Lipinski definition) is 5. The molecule has 5 nitrogen and oxygen atoms in total. The number of benzene rings is 1. The Labute approximate surface area is 169 Å². The predicted octanol–water partition coefficient (Wildman–Crippen LogP) is 4.73. The Morgan fingerprint density at radius 3 is 2.62 bits per heavy atom. The second kappa shape index (κ2) is 6.63. The van der Waals surface area contributed by atoms with Crippen molar-refractivity contribution in [3.05, 3.63) is 36.4 Å². The molecule has 29 heavy (non-hydrogen) atoms. The van der Waals surface area contributed by atoms with Crippen LogP contribution in [0.25, 0.3) is 10.4 Å². The summed E-state index contributed by atoms with van der Waals surface area (Å²) >= 11 is 1.36. The minimum Gasteiger partial charge on any atom is -0.439 e. The molecular weight excluding hydrogens is 405 g/mol. The van der Waals surface area contributed by atoms with Gasteiger partial charge in [0.2, 0.25) is 0 Å². The summed E-state index contributed by atoms with van der Waals surface area (Å²) in [5.74, 6) is 0.119. The smallest absolute Gasteiger partial charge is 0.439 e. The Bertz CT molecular complexity index is 939. The van der Waals surface area contributed by atoms with Gasteiger partial charge in [0.1, 0.15) is 16.4 Å². The molecule has 4 aliphatic rings. The number of carbonyl (C=O) groups excluding carboxylic acids is 1. The van der Waals surface area contributed by atoms with Crippen LogP contribution in [0.4, 0.5) is 23.0 Å². The van der Waals surface area contributed by atoms with E-state index < -0.39 is 12.0 Å². The van der Waals surface area contributed by atoms with Gasteiger partial charge in [0.25, 0.3) is 0 Å². The number of hydrogen-bond donors (Lipinski definition) is 0. The fraction of sp³-hybridized carbons (Fsp3) is 0.450. The van der Waals surface area contributed by atoms with Crippen LogP contribution in [0.2, 0.25) is 0 Å². The number of piperidine rings is 3. The van der Waals surface area contributed by atoms with Gasteiger partial charge in [0.05, 0.1) is 6.54 Å². The first-order chi connectivity index (χ1) is 13.8. The van der Waals surface area contributed by atoms with Gasteiger partial charge in [-0.3, -0.25) is 9.80 Å². The van der Waals surface area contributed by atoms with E-state index in [2.05, 4.69) is 9.64 Å². The molecule has 5 heterocycles. The van der Waals surface area contributed by atoms with Crippen LogP contribution in [0, 0.1) is 5.92 Å². The second-order valence-electron chi connectivity index (χ2n) is 7.78. The minimum absolute atomic E-state index is 0.267. The van der Waals surface area contributed by atoms with Gasteiger partial charge < -0.3 is 9.47 Å². The van der Waals surface area contributed by atoms with Gasteiger partial charge >= 0.3 is 12.5 Å². The summed E-state index contributed by atoms with van der Waals surface area (Å²) in [4.78, 5) is 17.4. The molecule has 2 aromatic rings. The third-order valence-corrected chi connectivity index (χ3v) is 7.13. The number of anilines is 1. The number of rotatable bonds is 3. The maximum absolute atomic E-state index is 12.6. The third kappa shape index (κ3) is 3.46. The Morgan fingerprint density at radius 2 is 1.93 bits per heavy atom. The first-order valence-corrected chi connectivity index (χ1v) is 10.3. The van der Waals surface area contributed by atoms with Crippen molar-refractivity contribution in [3.63, 3.8) is 0 Å². The number of thiophene rings is 1. The molecule has 2 bridgehead atoms. The molecule has 1 amide bonds. The summed E-state index contributed by atoms with van der Waals surface area (Å²) in [5, 5.41) is 0.737. The van der Waals surface area contributed by atoms with Crippen LogP contribution in [0.15, 0.2) is 36.4 Å². The van der Waals surface area contributed by atoms with Gasteiger partial charge in [-0.2, -0.15) is 0 Å². The Kier molecular flexibility index (Phi) is 4.29. The topological polar surface area (TPSA) is 42.0 Å². The number of halogens is 3. The van der Waals surface area contributed by atoms with Crippen LogP contribution >= 0.6 is 11.3 Å². The van der Waals surface area contributed by atoms with Crippen molar-refractivity contribution in [1.82, 2.24) is 4.90 Å². The lowest BCUT2D eigenvalue weighted by molar-refractivity contribution is -0.274. The summed E-state index contributed by atoms with van der Waals surface area (Å²) in [6, 6.07) is 9.47. The number of amides is 1. The first-order valence-electron chi connectivity index (χ1n) is 9.50. The lowest BCUT2D eigenvalue weighted by Gasteiger charge is -2.49. The van der Waals surface area contributed by atoms with Crippen molar-refractivity contribution >= 4 is 22.4 Å². The largest absolute Gasteiger partial charge is 0.573 e. The summed E-state index contributed by atoms with van der Waals surface area (Å²) in [6.07, 6.45) is -2.99. The van der Waals surface area contributed by atoms with Gasteiger partial charge in [-0.1, -0.05) is 12.1 Å². The maximum Gasteiger partial charge on any atom is 0.573 e. The van der Waals surface area contributed by atoms with E-state index in [4.69, 9.17) is 4.74 Å². The predicted molar refractivity (Wildman–Crippen MR) is 102 cm³/mol. The lowest BCUT2D eigenvalue weighted by Crippen LogP contribution is -2.61. The average molecular weight is 424 g/mol. The zero-order valence-electron chi connectivity index (χ0n) is 15.4. The fourth-order valence-electron chi connectivity index (χ4n) is 4.66. The molecule has 0 N–H and O–H groups in total. The minimum atomic E-state index is -4.73. The van der Waals surface area contributed by atoms with Gasteiger partial charge in [-0.05, 0) is 55.8 Å². The zero-order chi connectivity index (χ0) is 20.2. The van der Waals surface area contributed by atoms with Gasteiger partial charge in [0.15, 0.2) is 0 Å². The highest BCUT2D eigenvalue weighted by molar-refractivity contribution is 7.19. The molecule has 6 rings (SSSR count). The molecule has 0 aliphatic carbocycles. The SMILES string of the molecule is O=C1O[C@@]2(CN3CCC2CC3)CN1c1ccc(-c2cccc(OC(F)(F)F)c2)s1. The lowest BCUT2D eigenvalue weighted by atomic mass is 9.75. The molecule has 9 heteroatoms. The fourth-order valence-corrected chi connectivity index (χ4v) is 5.65. The molecule has 1 spiro atoms. The molecule has 0 saturated carbocycles.